The first-order valence-electron chi connectivity index (χ1n) is 7.45. The van der Waals surface area contributed by atoms with Crippen LogP contribution in [-0.2, 0) is 16.2 Å². The zero-order valence-corrected chi connectivity index (χ0v) is 14.3. The molecule has 0 radical (unpaired) electrons. The minimum Gasteiger partial charge on any atom is -0.337 e. The van der Waals surface area contributed by atoms with Crippen LogP contribution in [0.2, 0.25) is 0 Å². The lowest BCUT2D eigenvalue weighted by molar-refractivity contribution is -0.279. The lowest BCUT2D eigenvalue weighted by atomic mass is 10.1. The van der Waals surface area contributed by atoms with Gasteiger partial charge in [-0.25, -0.2) is 0 Å². The van der Waals surface area contributed by atoms with Crippen LogP contribution in [0.4, 0.5) is 0 Å². The number of benzene rings is 1. The lowest BCUT2D eigenvalue weighted by Gasteiger charge is -2.22. The number of hydrogen-bond donors (Lipinski definition) is 0. The molecule has 120 valence electrons. The van der Waals surface area contributed by atoms with E-state index in [1.807, 2.05) is 59.7 Å². The summed E-state index contributed by atoms with van der Waals surface area (Å²) in [5, 5.41) is 0. The van der Waals surface area contributed by atoms with E-state index in [1.54, 1.807) is 0 Å². The lowest BCUT2D eigenvalue weighted by Crippen LogP contribution is -2.22. The maximum atomic E-state index is 5.49. The highest BCUT2D eigenvalue weighted by molar-refractivity contribution is 5.44. The van der Waals surface area contributed by atoms with Gasteiger partial charge in [0.15, 0.2) is 11.5 Å². The predicted octanol–water partition coefficient (Wildman–Crippen LogP) is 4.86. The molecule has 0 aliphatic heterocycles. The molecule has 0 aliphatic rings. The monoisotopic (exact) mass is 296 g/mol. The van der Waals surface area contributed by atoms with Gasteiger partial charge in [-0.1, -0.05) is 19.4 Å². The Labute approximate surface area is 128 Å². The Morgan fingerprint density at radius 1 is 0.810 bits per heavy atom. The van der Waals surface area contributed by atoms with Gasteiger partial charge < -0.3 is 9.78 Å². The molecule has 0 amide bonds. The van der Waals surface area contributed by atoms with Crippen molar-refractivity contribution in [3.8, 4) is 11.5 Å². The van der Waals surface area contributed by atoms with Crippen molar-refractivity contribution >= 4 is 0 Å². The van der Waals surface area contributed by atoms with Crippen LogP contribution in [0.3, 0.4) is 0 Å². The summed E-state index contributed by atoms with van der Waals surface area (Å²) >= 11 is 0. The Kier molecular flexibility index (Phi) is 6.05. The molecule has 0 N–H and O–H groups in total. The molecule has 21 heavy (non-hydrogen) atoms. The Morgan fingerprint density at radius 3 is 1.57 bits per heavy atom. The second kappa shape index (κ2) is 7.14. The quantitative estimate of drug-likeness (QED) is 0.555. The van der Waals surface area contributed by atoms with Crippen LogP contribution in [0.5, 0.6) is 11.5 Å². The third-order valence-corrected chi connectivity index (χ3v) is 2.35. The summed E-state index contributed by atoms with van der Waals surface area (Å²) in [7, 11) is 0. The van der Waals surface area contributed by atoms with E-state index >= 15 is 0 Å². The van der Waals surface area contributed by atoms with Crippen LogP contribution in [0, 0.1) is 0 Å². The Balaban J connectivity index is 2.92. The summed E-state index contributed by atoms with van der Waals surface area (Å²) in [6, 6.07) is 5.61. The van der Waals surface area contributed by atoms with Gasteiger partial charge in [0, 0.05) is 5.56 Å². The fourth-order valence-electron chi connectivity index (χ4n) is 1.54. The summed E-state index contributed by atoms with van der Waals surface area (Å²) in [5.41, 5.74) is 0.207. The molecular formula is C17H28O4. The van der Waals surface area contributed by atoms with E-state index in [0.717, 1.165) is 18.4 Å². The molecule has 1 aromatic rings. The Bertz CT molecular complexity index is 405. The topological polar surface area (TPSA) is 36.9 Å². The maximum Gasteiger partial charge on any atom is 0.172 e. The van der Waals surface area contributed by atoms with Gasteiger partial charge in [0.1, 0.15) is 11.2 Å². The van der Waals surface area contributed by atoms with Crippen molar-refractivity contribution < 1.29 is 19.6 Å². The van der Waals surface area contributed by atoms with Crippen LogP contribution in [0.15, 0.2) is 18.2 Å². The van der Waals surface area contributed by atoms with E-state index in [2.05, 4.69) is 6.92 Å². The van der Waals surface area contributed by atoms with Gasteiger partial charge in [0.25, 0.3) is 0 Å². The van der Waals surface area contributed by atoms with Crippen molar-refractivity contribution in [3.05, 3.63) is 23.8 Å². The largest absolute Gasteiger partial charge is 0.337 e. The fourth-order valence-corrected chi connectivity index (χ4v) is 1.54. The molecule has 0 spiro atoms. The molecule has 1 rings (SSSR count). The molecule has 4 heteroatoms. The van der Waals surface area contributed by atoms with Crippen molar-refractivity contribution in [2.75, 3.05) is 0 Å². The van der Waals surface area contributed by atoms with Crippen molar-refractivity contribution in [1.82, 2.24) is 0 Å². The zero-order chi connectivity index (χ0) is 16.1. The van der Waals surface area contributed by atoms with E-state index in [4.69, 9.17) is 19.6 Å². The average molecular weight is 296 g/mol. The summed E-state index contributed by atoms with van der Waals surface area (Å²) < 4.78 is 0. The molecule has 4 nitrogen and oxygen atoms in total. The second-order valence-corrected chi connectivity index (χ2v) is 7.04. The third kappa shape index (κ3) is 6.82. The molecule has 0 aliphatic carbocycles. The third-order valence-electron chi connectivity index (χ3n) is 2.35. The molecule has 0 fully saturated rings. The minimum atomic E-state index is -0.373. The van der Waals surface area contributed by atoms with Crippen molar-refractivity contribution in [3.63, 3.8) is 0 Å². The molecule has 1 aromatic carbocycles. The molecule has 0 atom stereocenters. The average Bonchev–Trinajstić information content (AvgIpc) is 2.34. The van der Waals surface area contributed by atoms with Crippen LogP contribution < -0.4 is 9.78 Å². The zero-order valence-electron chi connectivity index (χ0n) is 14.3. The van der Waals surface area contributed by atoms with Crippen LogP contribution in [-0.4, -0.2) is 11.2 Å². The molecule has 0 bridgehead atoms. The van der Waals surface area contributed by atoms with Crippen LogP contribution >= 0.6 is 0 Å². The fraction of sp³-hybridized carbons (Fsp3) is 0.647. The highest BCUT2D eigenvalue weighted by Crippen LogP contribution is 2.31. The van der Waals surface area contributed by atoms with Crippen molar-refractivity contribution in [2.24, 2.45) is 0 Å². The normalized spacial score (nSPS) is 12.3. The summed E-state index contributed by atoms with van der Waals surface area (Å²) in [4.78, 5) is 21.8. The summed E-state index contributed by atoms with van der Waals surface area (Å²) in [6.07, 6.45) is 1.80. The van der Waals surface area contributed by atoms with Gasteiger partial charge >= 0.3 is 0 Å². The predicted molar refractivity (Wildman–Crippen MR) is 83.4 cm³/mol. The van der Waals surface area contributed by atoms with E-state index in [-0.39, 0.29) is 11.2 Å². The second-order valence-electron chi connectivity index (χ2n) is 7.04. The highest BCUT2D eigenvalue weighted by atomic mass is 17.2. The van der Waals surface area contributed by atoms with Crippen molar-refractivity contribution in [1.29, 1.82) is 0 Å². The van der Waals surface area contributed by atoms with Crippen LogP contribution in [0.1, 0.15) is 60.5 Å². The highest BCUT2D eigenvalue weighted by Gasteiger charge is 2.19. The Hall–Kier alpha value is -1.26. The molecule has 0 saturated heterocycles. The molecule has 0 aromatic heterocycles. The molecule has 0 saturated carbocycles. The van der Waals surface area contributed by atoms with Gasteiger partial charge in [-0.3, -0.25) is 0 Å². The standard InChI is InChI=1S/C17H28O4/c1-8-10-13-14(18-20-16(2,3)4)11-9-12-15(13)19-21-17(5,6)7/h9,11-12H,8,10H2,1-7H3. The number of hydrogen-bond acceptors (Lipinski definition) is 4. The first kappa shape index (κ1) is 17.8. The summed E-state index contributed by atoms with van der Waals surface area (Å²) in [5.74, 6) is 1.34. The SMILES string of the molecule is CCCc1c(OOC(C)(C)C)cccc1OOC(C)(C)C. The van der Waals surface area contributed by atoms with Gasteiger partial charge in [0.2, 0.25) is 0 Å². The van der Waals surface area contributed by atoms with Gasteiger partial charge in [0.05, 0.1) is 0 Å². The van der Waals surface area contributed by atoms with Crippen LogP contribution in [0.25, 0.3) is 0 Å². The molecular weight excluding hydrogens is 268 g/mol. The minimum absolute atomic E-state index is 0.373. The Morgan fingerprint density at radius 2 is 1.24 bits per heavy atom. The van der Waals surface area contributed by atoms with E-state index in [1.165, 1.54) is 0 Å². The maximum absolute atomic E-state index is 5.49. The summed E-state index contributed by atoms with van der Waals surface area (Å²) in [6.45, 7) is 13.7. The molecule has 0 unspecified atom stereocenters. The number of rotatable bonds is 6. The van der Waals surface area contributed by atoms with Gasteiger partial charge in [-0.05, 0) is 60.1 Å². The van der Waals surface area contributed by atoms with Crippen molar-refractivity contribution in [2.45, 2.75) is 72.5 Å². The first-order chi connectivity index (χ1) is 9.62. The van der Waals surface area contributed by atoms with Gasteiger partial charge in [-0.2, -0.15) is 9.78 Å². The van der Waals surface area contributed by atoms with E-state index in [0.29, 0.717) is 11.5 Å². The van der Waals surface area contributed by atoms with E-state index in [9.17, 15) is 0 Å². The first-order valence-corrected chi connectivity index (χ1v) is 7.45. The van der Waals surface area contributed by atoms with E-state index < -0.39 is 0 Å². The molecule has 0 heterocycles. The smallest absolute Gasteiger partial charge is 0.172 e. The van der Waals surface area contributed by atoms with Gasteiger partial charge in [-0.15, -0.1) is 0 Å².